The van der Waals surface area contributed by atoms with Crippen LogP contribution in [0, 0.1) is 5.92 Å². The van der Waals surface area contributed by atoms with Crippen LogP contribution in [0.15, 0.2) is 24.3 Å². The van der Waals surface area contributed by atoms with Crippen molar-refractivity contribution in [3.8, 4) is 0 Å². The Kier molecular flexibility index (Phi) is 5.75. The highest BCUT2D eigenvalue weighted by Crippen LogP contribution is 2.32. The molecule has 1 saturated carbocycles. The summed E-state index contributed by atoms with van der Waals surface area (Å²) in [6, 6.07) is 7.23. The first kappa shape index (κ1) is 18.2. The number of nitrogens with zero attached hydrogens (tertiary/aromatic N) is 1. The van der Waals surface area contributed by atoms with Crippen molar-refractivity contribution in [2.75, 3.05) is 25.0 Å². The van der Waals surface area contributed by atoms with Crippen LogP contribution >= 0.6 is 0 Å². The Hall–Kier alpha value is -2.57. The highest BCUT2D eigenvalue weighted by molar-refractivity contribution is 5.89. The molecule has 3 amide bonds. The first-order valence-electron chi connectivity index (χ1n) is 9.14. The lowest BCUT2D eigenvalue weighted by Crippen LogP contribution is -2.34. The SMILES string of the molecule is CCOC(=O)Cc1ccc(NC(=O)NC[C@H]2CC(=O)N(C3CC3)C2)cc1. The van der Waals surface area contributed by atoms with Gasteiger partial charge in [-0.25, -0.2) is 4.79 Å². The lowest BCUT2D eigenvalue weighted by molar-refractivity contribution is -0.142. The molecule has 0 radical (unpaired) electrons. The molecule has 2 N–H and O–H groups in total. The molecule has 1 saturated heterocycles. The van der Waals surface area contributed by atoms with Gasteiger partial charge in [-0.05, 0) is 37.5 Å². The van der Waals surface area contributed by atoms with E-state index in [4.69, 9.17) is 4.74 Å². The summed E-state index contributed by atoms with van der Waals surface area (Å²) in [6.45, 7) is 3.37. The van der Waals surface area contributed by atoms with Crippen LogP contribution in [0.25, 0.3) is 0 Å². The Morgan fingerprint density at radius 1 is 1.23 bits per heavy atom. The lowest BCUT2D eigenvalue weighted by atomic mass is 10.1. The molecule has 0 unspecified atom stereocenters. The molecule has 0 spiro atoms. The Morgan fingerprint density at radius 3 is 2.62 bits per heavy atom. The second kappa shape index (κ2) is 8.21. The van der Waals surface area contributed by atoms with Gasteiger partial charge in [0.05, 0.1) is 13.0 Å². The van der Waals surface area contributed by atoms with Crippen molar-refractivity contribution in [3.63, 3.8) is 0 Å². The second-order valence-corrected chi connectivity index (χ2v) is 6.86. The second-order valence-electron chi connectivity index (χ2n) is 6.86. The molecule has 0 bridgehead atoms. The van der Waals surface area contributed by atoms with Gasteiger partial charge in [0.1, 0.15) is 0 Å². The monoisotopic (exact) mass is 359 g/mol. The van der Waals surface area contributed by atoms with Gasteiger partial charge in [-0.15, -0.1) is 0 Å². The summed E-state index contributed by atoms with van der Waals surface area (Å²) in [5, 5.41) is 5.60. The number of amides is 3. The summed E-state index contributed by atoms with van der Waals surface area (Å²) in [6.07, 6.45) is 2.95. The van der Waals surface area contributed by atoms with Crippen molar-refractivity contribution in [2.24, 2.45) is 5.92 Å². The fourth-order valence-electron chi connectivity index (χ4n) is 3.18. The number of benzene rings is 1. The maximum Gasteiger partial charge on any atom is 0.319 e. The molecular weight excluding hydrogens is 334 g/mol. The van der Waals surface area contributed by atoms with Crippen LogP contribution in [-0.4, -0.2) is 48.5 Å². The number of nitrogens with one attached hydrogen (secondary N) is 2. The van der Waals surface area contributed by atoms with Gasteiger partial charge in [-0.2, -0.15) is 0 Å². The van der Waals surface area contributed by atoms with E-state index < -0.39 is 0 Å². The predicted octanol–water partition coefficient (Wildman–Crippen LogP) is 1.92. The van der Waals surface area contributed by atoms with Crippen LogP contribution in [0.5, 0.6) is 0 Å². The number of ether oxygens (including phenoxy) is 1. The molecule has 7 heteroatoms. The molecular formula is C19H25N3O4. The van der Waals surface area contributed by atoms with E-state index in [0.29, 0.717) is 31.3 Å². The first-order valence-corrected chi connectivity index (χ1v) is 9.14. The van der Waals surface area contributed by atoms with Gasteiger partial charge >= 0.3 is 12.0 Å². The first-order chi connectivity index (χ1) is 12.5. The van der Waals surface area contributed by atoms with Crippen molar-refractivity contribution in [1.29, 1.82) is 0 Å². The average molecular weight is 359 g/mol. The Bertz CT molecular complexity index is 670. The quantitative estimate of drug-likeness (QED) is 0.728. The molecule has 26 heavy (non-hydrogen) atoms. The molecule has 1 heterocycles. The average Bonchev–Trinajstić information content (AvgIpc) is 3.38. The van der Waals surface area contributed by atoms with Crippen LogP contribution < -0.4 is 10.6 Å². The third kappa shape index (κ3) is 4.97. The molecule has 1 aliphatic carbocycles. The zero-order chi connectivity index (χ0) is 18.5. The van der Waals surface area contributed by atoms with Crippen LogP contribution in [0.4, 0.5) is 10.5 Å². The van der Waals surface area contributed by atoms with Gasteiger partial charge in [-0.3, -0.25) is 9.59 Å². The minimum Gasteiger partial charge on any atom is -0.466 e. The number of anilines is 1. The molecule has 0 aromatic heterocycles. The van der Waals surface area contributed by atoms with Crippen molar-refractivity contribution in [1.82, 2.24) is 10.2 Å². The van der Waals surface area contributed by atoms with Gasteiger partial charge in [0, 0.05) is 37.2 Å². The molecule has 140 valence electrons. The zero-order valence-corrected chi connectivity index (χ0v) is 15.0. The van der Waals surface area contributed by atoms with Crippen LogP contribution in [-0.2, 0) is 20.7 Å². The highest BCUT2D eigenvalue weighted by atomic mass is 16.5. The number of hydrogen-bond donors (Lipinski definition) is 2. The molecule has 1 atom stereocenters. The molecule has 3 rings (SSSR count). The number of rotatable bonds is 7. The molecule has 2 fully saturated rings. The Balaban J connectivity index is 1.40. The van der Waals surface area contributed by atoms with Crippen molar-refractivity contribution in [3.05, 3.63) is 29.8 Å². The van der Waals surface area contributed by atoms with E-state index in [0.717, 1.165) is 24.9 Å². The summed E-state index contributed by atoms with van der Waals surface area (Å²) in [5.41, 5.74) is 1.48. The third-order valence-corrected chi connectivity index (χ3v) is 4.64. The molecule has 2 aliphatic rings. The van der Waals surface area contributed by atoms with Gasteiger partial charge in [0.15, 0.2) is 0 Å². The number of urea groups is 1. The van der Waals surface area contributed by atoms with E-state index in [9.17, 15) is 14.4 Å². The molecule has 1 aromatic rings. The summed E-state index contributed by atoms with van der Waals surface area (Å²) >= 11 is 0. The van der Waals surface area contributed by atoms with Gasteiger partial charge in [0.2, 0.25) is 5.91 Å². The summed E-state index contributed by atoms with van der Waals surface area (Å²) in [4.78, 5) is 37.3. The number of esters is 1. The summed E-state index contributed by atoms with van der Waals surface area (Å²) in [5.74, 6) is 0.120. The van der Waals surface area contributed by atoms with Crippen LogP contribution in [0.3, 0.4) is 0 Å². The number of hydrogen-bond acceptors (Lipinski definition) is 4. The maximum atomic E-state index is 12.0. The largest absolute Gasteiger partial charge is 0.466 e. The van der Waals surface area contributed by atoms with E-state index in [1.165, 1.54) is 0 Å². The standard InChI is InChI=1S/C19H25N3O4/c1-2-26-18(24)10-13-3-5-15(6-4-13)21-19(25)20-11-14-9-17(23)22(12-14)16-7-8-16/h3-6,14,16H,2,7-12H2,1H3,(H2,20,21,25)/t14-/m1/s1. The summed E-state index contributed by atoms with van der Waals surface area (Å²) < 4.78 is 4.91. The Labute approximate surface area is 153 Å². The number of carbonyl (C=O) groups excluding carboxylic acids is 3. The highest BCUT2D eigenvalue weighted by Gasteiger charge is 2.39. The predicted molar refractivity (Wildman–Crippen MR) is 96.6 cm³/mol. The lowest BCUT2D eigenvalue weighted by Gasteiger charge is -2.16. The van der Waals surface area contributed by atoms with Crippen molar-refractivity contribution in [2.45, 2.75) is 38.6 Å². The normalized spacial score (nSPS) is 19.3. The van der Waals surface area contributed by atoms with E-state index in [-0.39, 0.29) is 30.2 Å². The smallest absolute Gasteiger partial charge is 0.319 e. The zero-order valence-electron chi connectivity index (χ0n) is 15.0. The van der Waals surface area contributed by atoms with Crippen LogP contribution in [0.2, 0.25) is 0 Å². The van der Waals surface area contributed by atoms with E-state index in [1.807, 2.05) is 4.90 Å². The Morgan fingerprint density at radius 2 is 1.96 bits per heavy atom. The minimum absolute atomic E-state index is 0.181. The van der Waals surface area contributed by atoms with E-state index in [1.54, 1.807) is 31.2 Å². The van der Waals surface area contributed by atoms with E-state index in [2.05, 4.69) is 10.6 Å². The van der Waals surface area contributed by atoms with Crippen LogP contribution in [0.1, 0.15) is 31.7 Å². The van der Waals surface area contributed by atoms with Crippen molar-refractivity contribution >= 4 is 23.6 Å². The fourth-order valence-corrected chi connectivity index (χ4v) is 3.18. The fraction of sp³-hybridized carbons (Fsp3) is 0.526. The number of carbonyl (C=O) groups is 3. The molecule has 1 aromatic carbocycles. The van der Waals surface area contributed by atoms with Gasteiger partial charge < -0.3 is 20.3 Å². The number of likely N-dealkylation sites (tertiary alicyclic amines) is 1. The summed E-state index contributed by atoms with van der Waals surface area (Å²) in [7, 11) is 0. The minimum atomic E-state index is -0.291. The maximum absolute atomic E-state index is 12.0. The van der Waals surface area contributed by atoms with Gasteiger partial charge in [0.25, 0.3) is 0 Å². The van der Waals surface area contributed by atoms with E-state index >= 15 is 0 Å². The molecule has 1 aliphatic heterocycles. The third-order valence-electron chi connectivity index (χ3n) is 4.64. The topological polar surface area (TPSA) is 87.7 Å². The van der Waals surface area contributed by atoms with Crippen molar-refractivity contribution < 1.29 is 19.1 Å². The molecule has 7 nitrogen and oxygen atoms in total. The van der Waals surface area contributed by atoms with Gasteiger partial charge in [-0.1, -0.05) is 12.1 Å².